The molecule has 0 spiro atoms. The minimum atomic E-state index is -1.83. The zero-order valence-corrected chi connectivity index (χ0v) is 55.1. The zero-order valence-electron chi connectivity index (χ0n) is 52.6. The highest BCUT2D eigenvalue weighted by Gasteiger charge is 2.41. The molecule has 1 aromatic carbocycles. The van der Waals surface area contributed by atoms with Gasteiger partial charge in [0.2, 0.25) is 59.1 Å². The molecular formula is C58H89N15O17S3. The van der Waals surface area contributed by atoms with Crippen LogP contribution in [0.2, 0.25) is 0 Å². The van der Waals surface area contributed by atoms with Gasteiger partial charge in [0, 0.05) is 42.5 Å². The molecule has 17 N–H and O–H groups in total. The molecule has 0 radical (unpaired) electrons. The zero-order chi connectivity index (χ0) is 68.6. The molecule has 0 aliphatic carbocycles. The van der Waals surface area contributed by atoms with Crippen molar-refractivity contribution in [1.82, 2.24) is 58.1 Å². The van der Waals surface area contributed by atoms with Crippen molar-refractivity contribution in [2.75, 3.05) is 56.4 Å². The normalized spacial score (nSPS) is 25.5. The number of carbonyl (C=O) groups is 13. The smallest absolute Gasteiger partial charge is 0.305 e. The standard InChI is InChI=1S/C58H89N15O17S3/c1-5-32(2)48-56(87)65-33(3)50(81)63-26-44(74)67-38(14-15-46(76)77)52(83)70-41(49(59)80)30-92-28-34-22-35-24-36(23-34)89-19-8-6-7-9-20-90-64-27-45(75)66-37(12-10-17-62-58(60)61)51(82)71-42(31-93-29-35)57(88)73-18-11-13-43(73)55(86)68-39(16-21-91-4)53(84)69-40(25-47(78)79)54(85)72-48/h22-24,27,32-33,37-43,48H,5-21,25-26,28-31H2,1-4H3,(H2,59,80)(H,63,81)(H,65,87)(H,66,75)(H,67,74)(H,68,86)(H,69,84)(H,70,83)(H,71,82)(H,72,85)(H,76,77)(H,78,79)(H4,60,61,62)/b64-27+/t32-,33-,37-,38-,39-,40-,41-,42-,43-,48-/m0/s1. The Balaban J connectivity index is 1.82. The summed E-state index contributed by atoms with van der Waals surface area (Å²) in [6, 6.07) is -7.38. The molecule has 11 amide bonds. The molecule has 4 bridgehead atoms. The average Bonchev–Trinajstić information content (AvgIpc) is 1.86. The molecule has 35 heteroatoms. The van der Waals surface area contributed by atoms with E-state index in [0.29, 0.717) is 42.7 Å². The van der Waals surface area contributed by atoms with Crippen molar-refractivity contribution in [3.8, 4) is 5.75 Å². The van der Waals surface area contributed by atoms with Gasteiger partial charge in [-0.3, -0.25) is 67.7 Å². The number of hydrogen-bond acceptors (Lipinski definition) is 20. The summed E-state index contributed by atoms with van der Waals surface area (Å²) in [7, 11) is 0. The van der Waals surface area contributed by atoms with Gasteiger partial charge in [0.25, 0.3) is 5.91 Å². The summed E-state index contributed by atoms with van der Waals surface area (Å²) < 4.78 is 6.24. The minimum Gasteiger partial charge on any atom is -0.494 e. The SMILES string of the molecule is CC[C@H](C)[C@@H]1NC(=O)[C@H](CC(=O)O)NC(=O)[C@H](CCSC)NC(=O)[C@@H]2CCCN2C(=O)[C@@H]2CSCc3cc(cc(c3)OCCCCCCO/N=C/C(=O)N[C@@H](CCCNC(=N)N)C(=O)N2)CSC[C@@H](C(N)=O)NC(=O)[C@H](CCC(=O)O)NC(=O)CNC(=O)[C@H](C)NC1=O. The minimum absolute atomic E-state index is 0.0113. The van der Waals surface area contributed by atoms with Crippen LogP contribution in [0.15, 0.2) is 23.4 Å². The van der Waals surface area contributed by atoms with Gasteiger partial charge in [-0.1, -0.05) is 31.5 Å². The maximum atomic E-state index is 15.1. The lowest BCUT2D eigenvalue weighted by Gasteiger charge is -2.31. The van der Waals surface area contributed by atoms with E-state index in [4.69, 9.17) is 26.5 Å². The van der Waals surface area contributed by atoms with Crippen LogP contribution in [-0.4, -0.2) is 215 Å². The predicted octanol–water partition coefficient (Wildman–Crippen LogP) is -1.99. The summed E-state index contributed by atoms with van der Waals surface area (Å²) in [6.07, 6.45) is 4.13. The van der Waals surface area contributed by atoms with Crippen LogP contribution >= 0.6 is 35.3 Å². The third-order valence-corrected chi connectivity index (χ3v) is 17.9. The van der Waals surface area contributed by atoms with Crippen molar-refractivity contribution in [3.63, 3.8) is 0 Å². The average molecular weight is 1360 g/mol. The third-order valence-electron chi connectivity index (χ3n) is 15.0. The van der Waals surface area contributed by atoms with Crippen LogP contribution in [0.1, 0.15) is 115 Å². The van der Waals surface area contributed by atoms with E-state index in [-0.39, 0.29) is 86.5 Å². The first kappa shape index (κ1) is 77.4. The maximum absolute atomic E-state index is 15.1. The number of amides is 11. The molecule has 32 nitrogen and oxygen atoms in total. The number of nitrogens with zero attached hydrogens (tertiary/aromatic N) is 2. The second kappa shape index (κ2) is 40.8. The van der Waals surface area contributed by atoms with E-state index >= 15 is 4.79 Å². The van der Waals surface area contributed by atoms with Gasteiger partial charge in [0.1, 0.15) is 72.9 Å². The molecule has 3 aliphatic heterocycles. The number of nitrogens with two attached hydrogens (primary N) is 2. The first-order chi connectivity index (χ1) is 44.3. The fourth-order valence-corrected chi connectivity index (χ4v) is 12.3. The lowest BCUT2D eigenvalue weighted by molar-refractivity contribution is -0.143. The topological polar surface area (TPSA) is 493 Å². The molecular weight excluding hydrogens is 1270 g/mol. The summed E-state index contributed by atoms with van der Waals surface area (Å²) >= 11 is 3.74. The Kier molecular flexibility index (Phi) is 33.9. The van der Waals surface area contributed by atoms with E-state index in [1.807, 2.05) is 6.07 Å². The lowest BCUT2D eigenvalue weighted by atomic mass is 9.97. The molecule has 3 aliphatic rings. The lowest BCUT2D eigenvalue weighted by Crippen LogP contribution is -2.61. The Labute approximate surface area is 551 Å². The maximum Gasteiger partial charge on any atom is 0.305 e. The number of fused-ring (bicyclic) bond motifs is 6. The van der Waals surface area contributed by atoms with Crippen LogP contribution in [-0.2, 0) is 78.7 Å². The van der Waals surface area contributed by atoms with Gasteiger partial charge < -0.3 is 89.3 Å². The number of primary amides is 1. The van der Waals surface area contributed by atoms with E-state index in [9.17, 15) is 67.7 Å². The highest BCUT2D eigenvalue weighted by Crippen LogP contribution is 2.27. The Morgan fingerprint density at radius 2 is 1.38 bits per heavy atom. The highest BCUT2D eigenvalue weighted by molar-refractivity contribution is 7.99. The fraction of sp³-hybridized carbons (Fsp3) is 0.638. The fourth-order valence-electron chi connectivity index (χ4n) is 9.80. The van der Waals surface area contributed by atoms with Crippen molar-refractivity contribution in [2.45, 2.75) is 170 Å². The number of benzene rings is 1. The summed E-state index contributed by atoms with van der Waals surface area (Å²) in [5.74, 6) is -12.7. The van der Waals surface area contributed by atoms with E-state index in [1.165, 1.54) is 47.1 Å². The van der Waals surface area contributed by atoms with E-state index in [1.54, 1.807) is 32.2 Å². The largest absolute Gasteiger partial charge is 0.494 e. The molecule has 3 heterocycles. The first-order valence-electron chi connectivity index (χ1n) is 30.7. The quantitative estimate of drug-likeness (QED) is 0.0514. The van der Waals surface area contributed by atoms with E-state index in [2.05, 4.69) is 58.3 Å². The van der Waals surface area contributed by atoms with Crippen molar-refractivity contribution in [2.24, 2.45) is 22.5 Å². The number of ether oxygens (including phenoxy) is 1. The summed E-state index contributed by atoms with van der Waals surface area (Å²) in [6.45, 7) is 4.40. The number of carbonyl (C=O) groups excluding carboxylic acids is 11. The number of oxime groups is 1. The molecule has 0 unspecified atom stereocenters. The molecule has 1 aromatic rings. The first-order valence-corrected chi connectivity index (χ1v) is 34.4. The number of guanidine groups is 1. The van der Waals surface area contributed by atoms with Crippen LogP contribution in [0.25, 0.3) is 0 Å². The van der Waals surface area contributed by atoms with Crippen molar-refractivity contribution >= 4 is 124 Å². The van der Waals surface area contributed by atoms with Crippen molar-refractivity contribution < 1.29 is 82.1 Å². The molecule has 516 valence electrons. The van der Waals surface area contributed by atoms with Gasteiger partial charge in [0.15, 0.2) is 5.96 Å². The van der Waals surface area contributed by atoms with Crippen LogP contribution in [0.3, 0.4) is 0 Å². The molecule has 4 rings (SSSR count). The summed E-state index contributed by atoms with van der Waals surface area (Å²) in [4.78, 5) is 183. The predicted molar refractivity (Wildman–Crippen MR) is 346 cm³/mol. The van der Waals surface area contributed by atoms with Gasteiger partial charge in [-0.25, -0.2) is 0 Å². The van der Waals surface area contributed by atoms with Crippen LogP contribution < -0.4 is 69.4 Å². The van der Waals surface area contributed by atoms with Gasteiger partial charge >= 0.3 is 11.9 Å². The van der Waals surface area contributed by atoms with Crippen molar-refractivity contribution in [3.05, 3.63) is 29.3 Å². The second-order valence-electron chi connectivity index (χ2n) is 22.5. The molecule has 93 heavy (non-hydrogen) atoms. The number of thioether (sulfide) groups is 3. The highest BCUT2D eigenvalue weighted by atomic mass is 32.2. The molecule has 10 atom stereocenters. The van der Waals surface area contributed by atoms with Crippen LogP contribution in [0.5, 0.6) is 5.75 Å². The molecule has 0 saturated carbocycles. The van der Waals surface area contributed by atoms with Gasteiger partial charge in [0.05, 0.1) is 19.6 Å². The van der Waals surface area contributed by atoms with Crippen molar-refractivity contribution in [1.29, 1.82) is 5.41 Å². The van der Waals surface area contributed by atoms with Gasteiger partial charge in [-0.2, -0.15) is 35.3 Å². The van der Waals surface area contributed by atoms with Gasteiger partial charge in [-0.05, 0) is 112 Å². The Morgan fingerprint density at radius 3 is 2.03 bits per heavy atom. The number of carboxylic acid groups (broad SMARTS) is 2. The van der Waals surface area contributed by atoms with E-state index in [0.717, 1.165) is 19.1 Å². The molecule has 1 saturated heterocycles. The number of aliphatic carboxylic acids is 2. The Hall–Kier alpha value is -8.08. The number of nitrogens with one attached hydrogen (secondary N) is 11. The molecule has 0 aromatic heterocycles. The second-order valence-corrected chi connectivity index (χ2v) is 25.5. The molecule has 1 fully saturated rings. The van der Waals surface area contributed by atoms with Crippen LogP contribution in [0, 0.1) is 11.3 Å². The Bertz CT molecular complexity index is 2840. The third kappa shape index (κ3) is 28.0. The number of carboxylic acids is 2. The van der Waals surface area contributed by atoms with E-state index < -0.39 is 163 Å². The Morgan fingerprint density at radius 1 is 0.742 bits per heavy atom. The summed E-state index contributed by atoms with van der Waals surface area (Å²) in [5.41, 5.74) is 12.7. The summed E-state index contributed by atoms with van der Waals surface area (Å²) in [5, 5.41) is 56.2. The van der Waals surface area contributed by atoms with Crippen LogP contribution in [0.4, 0.5) is 0 Å². The number of rotatable bonds is 15. The van der Waals surface area contributed by atoms with Gasteiger partial charge in [-0.15, -0.1) is 0 Å². The number of hydrogen-bond donors (Lipinski definition) is 15. The monoisotopic (exact) mass is 1360 g/mol.